The molecule has 1 aliphatic carbocycles. The Labute approximate surface area is 103 Å². The maximum Gasteiger partial charge on any atom is 0.0307 e. The van der Waals surface area contributed by atoms with Gasteiger partial charge in [-0.2, -0.15) is 0 Å². The Kier molecular flexibility index (Phi) is 2.12. The summed E-state index contributed by atoms with van der Waals surface area (Å²) in [6.07, 6.45) is 5.50. The predicted molar refractivity (Wildman–Crippen MR) is 69.0 cm³/mol. The topological polar surface area (TPSA) is 24.1 Å². The molecule has 1 saturated heterocycles. The summed E-state index contributed by atoms with van der Waals surface area (Å²) >= 11 is 0. The zero-order chi connectivity index (χ0) is 11.3. The molecule has 3 atom stereocenters. The third-order valence-corrected chi connectivity index (χ3v) is 5.20. The van der Waals surface area contributed by atoms with Gasteiger partial charge >= 0.3 is 0 Å². The van der Waals surface area contributed by atoms with Crippen LogP contribution in [0.3, 0.4) is 0 Å². The summed E-state index contributed by atoms with van der Waals surface area (Å²) in [7, 11) is 0. The molecular formula is C15H20N2. The highest BCUT2D eigenvalue weighted by Crippen LogP contribution is 2.48. The fourth-order valence-electron chi connectivity index (χ4n) is 4.47. The monoisotopic (exact) mass is 228 g/mol. The van der Waals surface area contributed by atoms with Gasteiger partial charge in [0.05, 0.1) is 0 Å². The van der Waals surface area contributed by atoms with Crippen LogP contribution in [0.2, 0.25) is 0 Å². The fraction of sp³-hybridized carbons (Fsp3) is 0.600. The summed E-state index contributed by atoms with van der Waals surface area (Å²) in [5.74, 6) is 0. The van der Waals surface area contributed by atoms with Gasteiger partial charge < -0.3 is 10.6 Å². The molecule has 2 heterocycles. The van der Waals surface area contributed by atoms with Gasteiger partial charge in [-0.25, -0.2) is 0 Å². The van der Waals surface area contributed by atoms with Crippen LogP contribution in [0.5, 0.6) is 0 Å². The summed E-state index contributed by atoms with van der Waals surface area (Å²) in [5, 5.41) is 7.53. The third-order valence-electron chi connectivity index (χ3n) is 5.20. The van der Waals surface area contributed by atoms with E-state index in [2.05, 4.69) is 34.9 Å². The molecule has 4 rings (SSSR count). The van der Waals surface area contributed by atoms with E-state index in [9.17, 15) is 0 Å². The van der Waals surface area contributed by atoms with Crippen molar-refractivity contribution in [2.75, 3.05) is 6.54 Å². The van der Waals surface area contributed by atoms with Crippen LogP contribution < -0.4 is 10.6 Å². The smallest absolute Gasteiger partial charge is 0.0307 e. The average Bonchev–Trinajstić information content (AvgIpc) is 2.78. The second-order valence-electron chi connectivity index (χ2n) is 5.84. The Morgan fingerprint density at radius 3 is 3.00 bits per heavy atom. The van der Waals surface area contributed by atoms with Crippen LogP contribution in [0.15, 0.2) is 24.3 Å². The molecule has 17 heavy (non-hydrogen) atoms. The summed E-state index contributed by atoms with van der Waals surface area (Å²) in [5.41, 5.74) is 3.56. The lowest BCUT2D eigenvalue weighted by atomic mass is 9.62. The molecule has 1 saturated carbocycles. The van der Waals surface area contributed by atoms with E-state index in [4.69, 9.17) is 0 Å². The molecule has 1 spiro atoms. The molecule has 2 N–H and O–H groups in total. The van der Waals surface area contributed by atoms with E-state index in [1.807, 2.05) is 0 Å². The molecule has 1 unspecified atom stereocenters. The number of benzene rings is 1. The van der Waals surface area contributed by atoms with Crippen LogP contribution in [-0.2, 0) is 12.0 Å². The second kappa shape index (κ2) is 3.56. The van der Waals surface area contributed by atoms with E-state index in [0.717, 1.165) is 13.1 Å². The second-order valence-corrected chi connectivity index (χ2v) is 5.84. The van der Waals surface area contributed by atoms with E-state index in [-0.39, 0.29) is 0 Å². The zero-order valence-electron chi connectivity index (χ0n) is 10.2. The minimum Gasteiger partial charge on any atom is -0.311 e. The maximum absolute atomic E-state index is 3.77. The fourth-order valence-corrected chi connectivity index (χ4v) is 4.47. The number of rotatable bonds is 0. The van der Waals surface area contributed by atoms with Crippen LogP contribution in [-0.4, -0.2) is 18.6 Å². The standard InChI is InChI=1S/C15H20N2/c1-2-6-12-11(5-1)9-16-14-10-17-13-7-3-4-8-15(12,13)14/h1-2,5-6,13-14,16-17H,3-4,7-10H2/t13-,14-,15?/m1/s1. The van der Waals surface area contributed by atoms with Crippen LogP contribution >= 0.6 is 0 Å². The van der Waals surface area contributed by atoms with Crippen molar-refractivity contribution in [3.8, 4) is 0 Å². The average molecular weight is 228 g/mol. The molecule has 0 aromatic heterocycles. The first-order chi connectivity index (χ1) is 8.41. The molecule has 1 aromatic rings. The van der Waals surface area contributed by atoms with Crippen molar-refractivity contribution in [2.45, 2.75) is 49.7 Å². The van der Waals surface area contributed by atoms with Crippen molar-refractivity contribution in [2.24, 2.45) is 0 Å². The van der Waals surface area contributed by atoms with Gasteiger partial charge in [-0.15, -0.1) is 0 Å². The Morgan fingerprint density at radius 1 is 1.06 bits per heavy atom. The van der Waals surface area contributed by atoms with Gasteiger partial charge in [0.1, 0.15) is 0 Å². The van der Waals surface area contributed by atoms with E-state index < -0.39 is 0 Å². The first-order valence-electron chi connectivity index (χ1n) is 6.96. The Bertz CT molecular complexity index is 442. The van der Waals surface area contributed by atoms with Gasteiger partial charge in [-0.05, 0) is 24.0 Å². The highest BCUT2D eigenvalue weighted by molar-refractivity contribution is 5.42. The Morgan fingerprint density at radius 2 is 2.00 bits per heavy atom. The molecule has 0 amide bonds. The SMILES string of the molecule is c1ccc2c(c1)CN[C@@H]1CN[C@@H]3CCCCC231. The lowest BCUT2D eigenvalue weighted by Gasteiger charge is -2.47. The number of hydrogen-bond acceptors (Lipinski definition) is 2. The molecule has 2 heteroatoms. The first-order valence-corrected chi connectivity index (χ1v) is 6.96. The first kappa shape index (κ1) is 10.1. The van der Waals surface area contributed by atoms with Gasteiger partial charge in [0.15, 0.2) is 0 Å². The van der Waals surface area contributed by atoms with Crippen molar-refractivity contribution in [1.82, 2.24) is 10.6 Å². The molecule has 0 radical (unpaired) electrons. The van der Waals surface area contributed by atoms with E-state index in [1.165, 1.54) is 31.2 Å². The van der Waals surface area contributed by atoms with E-state index in [0.29, 0.717) is 17.5 Å². The highest BCUT2D eigenvalue weighted by atomic mass is 15.1. The van der Waals surface area contributed by atoms with Gasteiger partial charge in [0, 0.05) is 30.6 Å². The molecule has 90 valence electrons. The minimum atomic E-state index is 0.396. The quantitative estimate of drug-likeness (QED) is 0.709. The molecule has 0 bridgehead atoms. The summed E-state index contributed by atoms with van der Waals surface area (Å²) in [6.45, 7) is 2.20. The normalized spacial score (nSPS) is 39.3. The largest absolute Gasteiger partial charge is 0.311 e. The van der Waals surface area contributed by atoms with Crippen molar-refractivity contribution in [3.63, 3.8) is 0 Å². The van der Waals surface area contributed by atoms with E-state index >= 15 is 0 Å². The molecule has 2 aliphatic heterocycles. The van der Waals surface area contributed by atoms with Crippen molar-refractivity contribution < 1.29 is 0 Å². The van der Waals surface area contributed by atoms with Gasteiger partial charge in [-0.3, -0.25) is 0 Å². The van der Waals surface area contributed by atoms with Gasteiger partial charge in [0.2, 0.25) is 0 Å². The summed E-state index contributed by atoms with van der Waals surface area (Å²) < 4.78 is 0. The molecule has 3 aliphatic rings. The predicted octanol–water partition coefficient (Wildman–Crippen LogP) is 1.94. The number of fused-ring (bicyclic) bond motifs is 1. The lowest BCUT2D eigenvalue weighted by molar-refractivity contribution is 0.213. The maximum atomic E-state index is 3.77. The summed E-state index contributed by atoms with van der Waals surface area (Å²) in [4.78, 5) is 0. The third kappa shape index (κ3) is 1.23. The summed E-state index contributed by atoms with van der Waals surface area (Å²) in [6, 6.07) is 10.4. The van der Waals surface area contributed by atoms with Crippen molar-refractivity contribution >= 4 is 0 Å². The molecule has 2 fully saturated rings. The number of hydrogen-bond donors (Lipinski definition) is 2. The molecule has 2 nitrogen and oxygen atoms in total. The lowest BCUT2D eigenvalue weighted by Crippen LogP contribution is -2.56. The Hall–Kier alpha value is -0.860. The Balaban J connectivity index is 1.90. The van der Waals surface area contributed by atoms with Crippen LogP contribution in [0, 0.1) is 0 Å². The highest BCUT2D eigenvalue weighted by Gasteiger charge is 2.54. The molecule has 1 aromatic carbocycles. The van der Waals surface area contributed by atoms with Crippen LogP contribution in [0.4, 0.5) is 0 Å². The van der Waals surface area contributed by atoms with Gasteiger partial charge in [-0.1, -0.05) is 37.1 Å². The molecular weight excluding hydrogens is 208 g/mol. The van der Waals surface area contributed by atoms with E-state index in [1.54, 1.807) is 5.56 Å². The van der Waals surface area contributed by atoms with Crippen LogP contribution in [0.1, 0.15) is 36.8 Å². The van der Waals surface area contributed by atoms with Gasteiger partial charge in [0.25, 0.3) is 0 Å². The van der Waals surface area contributed by atoms with Crippen LogP contribution in [0.25, 0.3) is 0 Å². The zero-order valence-corrected chi connectivity index (χ0v) is 10.2. The minimum absolute atomic E-state index is 0.396. The number of nitrogens with one attached hydrogen (secondary N) is 2. The van der Waals surface area contributed by atoms with Crippen molar-refractivity contribution in [1.29, 1.82) is 0 Å². The van der Waals surface area contributed by atoms with Crippen molar-refractivity contribution in [3.05, 3.63) is 35.4 Å².